The molecule has 0 spiro atoms. The molecule has 0 unspecified atom stereocenters. The second-order valence-electron chi connectivity index (χ2n) is 6.72. The monoisotopic (exact) mass is 443 g/mol. The minimum Gasteiger partial charge on any atom is -0.367 e. The normalized spacial score (nSPS) is 11.2. The Bertz CT molecular complexity index is 1220. The fraction of sp³-hybridized carbons (Fsp3) is 0.250. The number of unbranched alkanes of at least 4 members (excludes halogenated alkanes) is 1. The number of anilines is 1. The number of carbonyl (C=O) groups is 1. The van der Waals surface area contributed by atoms with Crippen LogP contribution in [0.5, 0.6) is 0 Å². The summed E-state index contributed by atoms with van der Waals surface area (Å²) >= 11 is 11.7. The largest absolute Gasteiger partial charge is 0.367 e. The number of aromatic nitrogens is 5. The summed E-state index contributed by atoms with van der Waals surface area (Å²) in [6, 6.07) is 11.0. The molecule has 8 nitrogen and oxygen atoms in total. The molecule has 0 aliphatic carbocycles. The molecule has 3 aromatic heterocycles. The number of carbonyl (C=O) groups excluding carboxylic acids is 1. The van der Waals surface area contributed by atoms with E-state index < -0.39 is 0 Å². The van der Waals surface area contributed by atoms with Crippen LogP contribution in [-0.4, -0.2) is 43.6 Å². The zero-order valence-electron chi connectivity index (χ0n) is 16.2. The van der Waals surface area contributed by atoms with Crippen molar-refractivity contribution in [2.75, 3.05) is 18.4 Å². The van der Waals surface area contributed by atoms with Crippen molar-refractivity contribution in [2.24, 2.45) is 0 Å². The van der Waals surface area contributed by atoms with Crippen molar-refractivity contribution in [3.8, 4) is 0 Å². The molecule has 3 heterocycles. The zero-order chi connectivity index (χ0) is 21.1. The fourth-order valence-electron chi connectivity index (χ4n) is 3.18. The number of nitrogens with one attached hydrogen (secondary N) is 2. The lowest BCUT2D eigenvalue weighted by atomic mass is 10.2. The lowest BCUT2D eigenvalue weighted by Gasteiger charge is -2.10. The van der Waals surface area contributed by atoms with Crippen molar-refractivity contribution in [1.82, 2.24) is 29.9 Å². The molecular formula is C20H19Cl2N7O. The molecule has 4 rings (SSSR count). The van der Waals surface area contributed by atoms with Crippen LogP contribution in [0.3, 0.4) is 0 Å². The van der Waals surface area contributed by atoms with Crippen molar-refractivity contribution in [1.29, 1.82) is 0 Å². The summed E-state index contributed by atoms with van der Waals surface area (Å²) in [4.78, 5) is 20.7. The Morgan fingerprint density at radius 1 is 1.03 bits per heavy atom. The Balaban J connectivity index is 1.32. The third-order valence-electron chi connectivity index (χ3n) is 4.63. The molecule has 4 aromatic rings. The quantitative estimate of drug-likeness (QED) is 0.332. The molecule has 0 saturated carbocycles. The summed E-state index contributed by atoms with van der Waals surface area (Å²) in [5.41, 5.74) is 2.85. The standard InChI is InChI=1S/C20H19Cl2N7O/c1-12-27-28-19-18(25-14-6-2-3-7-15(14)29(12)19)23-10-4-5-11-24-20(30)13-8-9-16(21)26-17(13)22/h2-3,6-9H,4-5,10-11H2,1H3,(H,23,25)(H,24,30). The van der Waals surface area contributed by atoms with Gasteiger partial charge in [0, 0.05) is 13.1 Å². The number of rotatable bonds is 7. The maximum absolute atomic E-state index is 12.2. The highest BCUT2D eigenvalue weighted by Gasteiger charge is 2.13. The van der Waals surface area contributed by atoms with Crippen molar-refractivity contribution in [2.45, 2.75) is 19.8 Å². The van der Waals surface area contributed by atoms with Crippen LogP contribution in [0.2, 0.25) is 10.3 Å². The van der Waals surface area contributed by atoms with Crippen LogP contribution < -0.4 is 10.6 Å². The Morgan fingerprint density at radius 2 is 1.83 bits per heavy atom. The first-order chi connectivity index (χ1) is 14.5. The van der Waals surface area contributed by atoms with Gasteiger partial charge in [0.2, 0.25) is 5.65 Å². The number of fused-ring (bicyclic) bond motifs is 3. The number of halogens is 2. The van der Waals surface area contributed by atoms with Crippen LogP contribution in [0, 0.1) is 6.92 Å². The van der Waals surface area contributed by atoms with Gasteiger partial charge in [-0.3, -0.25) is 9.20 Å². The molecule has 0 saturated heterocycles. The molecule has 2 N–H and O–H groups in total. The van der Waals surface area contributed by atoms with Gasteiger partial charge in [-0.25, -0.2) is 9.97 Å². The highest BCUT2D eigenvalue weighted by molar-refractivity contribution is 6.34. The minimum atomic E-state index is -0.269. The average Bonchev–Trinajstić information content (AvgIpc) is 3.12. The maximum atomic E-state index is 12.2. The van der Waals surface area contributed by atoms with Crippen molar-refractivity contribution < 1.29 is 4.79 Å². The van der Waals surface area contributed by atoms with Crippen LogP contribution in [0.25, 0.3) is 16.7 Å². The molecular weight excluding hydrogens is 425 g/mol. The van der Waals surface area contributed by atoms with E-state index in [-0.39, 0.29) is 16.2 Å². The Kier molecular flexibility index (Phi) is 5.96. The van der Waals surface area contributed by atoms with Crippen molar-refractivity contribution in [3.63, 3.8) is 0 Å². The van der Waals surface area contributed by atoms with Gasteiger partial charge in [0.05, 0.1) is 16.6 Å². The minimum absolute atomic E-state index is 0.0941. The Hall–Kier alpha value is -2.97. The predicted molar refractivity (Wildman–Crippen MR) is 117 cm³/mol. The van der Waals surface area contributed by atoms with Gasteiger partial charge in [0.1, 0.15) is 16.1 Å². The van der Waals surface area contributed by atoms with Gasteiger partial charge < -0.3 is 10.6 Å². The topological polar surface area (TPSA) is 97.1 Å². The van der Waals surface area contributed by atoms with E-state index in [1.807, 2.05) is 35.6 Å². The molecule has 0 aliphatic heterocycles. The Morgan fingerprint density at radius 3 is 2.67 bits per heavy atom. The van der Waals surface area contributed by atoms with Crippen LogP contribution in [0.15, 0.2) is 36.4 Å². The molecule has 0 bridgehead atoms. The molecule has 10 heteroatoms. The first kappa shape index (κ1) is 20.3. The summed E-state index contributed by atoms with van der Waals surface area (Å²) in [6.07, 6.45) is 1.62. The summed E-state index contributed by atoms with van der Waals surface area (Å²) < 4.78 is 1.99. The van der Waals surface area contributed by atoms with Crippen molar-refractivity contribution in [3.05, 3.63) is 58.1 Å². The van der Waals surface area contributed by atoms with E-state index >= 15 is 0 Å². The lowest BCUT2D eigenvalue weighted by molar-refractivity contribution is 0.0953. The van der Waals surface area contributed by atoms with Gasteiger partial charge in [-0.05, 0) is 44.0 Å². The molecule has 154 valence electrons. The number of pyridine rings is 1. The summed E-state index contributed by atoms with van der Waals surface area (Å²) in [5, 5.41) is 15.0. The molecule has 0 fully saturated rings. The van der Waals surface area contributed by atoms with Crippen molar-refractivity contribution >= 4 is 51.6 Å². The molecule has 1 amide bonds. The number of nitrogens with zero attached hydrogens (tertiary/aromatic N) is 5. The maximum Gasteiger partial charge on any atom is 0.254 e. The van der Waals surface area contributed by atoms with E-state index in [2.05, 4.69) is 30.8 Å². The van der Waals surface area contributed by atoms with Crippen LogP contribution in [0.1, 0.15) is 29.0 Å². The average molecular weight is 444 g/mol. The molecule has 0 aliphatic rings. The van der Waals surface area contributed by atoms with E-state index in [4.69, 9.17) is 23.2 Å². The zero-order valence-corrected chi connectivity index (χ0v) is 17.7. The van der Waals surface area contributed by atoms with E-state index in [1.54, 1.807) is 6.07 Å². The van der Waals surface area contributed by atoms with E-state index in [1.165, 1.54) is 6.07 Å². The van der Waals surface area contributed by atoms with E-state index in [0.717, 1.165) is 29.7 Å². The van der Waals surface area contributed by atoms with Crippen LogP contribution in [0.4, 0.5) is 5.82 Å². The second kappa shape index (κ2) is 8.81. The highest BCUT2D eigenvalue weighted by Crippen LogP contribution is 2.21. The van der Waals surface area contributed by atoms with Crippen LogP contribution in [-0.2, 0) is 0 Å². The van der Waals surface area contributed by atoms with Gasteiger partial charge in [-0.2, -0.15) is 0 Å². The first-order valence-corrected chi connectivity index (χ1v) is 10.2. The van der Waals surface area contributed by atoms with Gasteiger partial charge in [-0.15, -0.1) is 10.2 Å². The lowest BCUT2D eigenvalue weighted by Crippen LogP contribution is -2.25. The fourth-order valence-corrected chi connectivity index (χ4v) is 3.61. The highest BCUT2D eigenvalue weighted by atomic mass is 35.5. The SMILES string of the molecule is Cc1nnc2c(NCCCCNC(=O)c3ccc(Cl)nc3Cl)nc3ccccc3n12. The molecule has 0 radical (unpaired) electrons. The number of hydrogen-bond donors (Lipinski definition) is 2. The van der Waals surface area contributed by atoms with E-state index in [0.29, 0.717) is 30.1 Å². The molecule has 30 heavy (non-hydrogen) atoms. The summed E-state index contributed by atoms with van der Waals surface area (Å²) in [6.45, 7) is 3.12. The molecule has 0 atom stereocenters. The van der Waals surface area contributed by atoms with Gasteiger partial charge >= 0.3 is 0 Å². The first-order valence-electron chi connectivity index (χ1n) is 9.49. The smallest absolute Gasteiger partial charge is 0.254 e. The number of aryl methyl sites for hydroxylation is 1. The Labute approximate surface area is 182 Å². The van der Waals surface area contributed by atoms with Gasteiger partial charge in [0.15, 0.2) is 5.82 Å². The number of benzene rings is 1. The predicted octanol–water partition coefficient (Wildman–Crippen LogP) is 3.91. The third kappa shape index (κ3) is 4.15. The number of hydrogen-bond acceptors (Lipinski definition) is 6. The van der Waals surface area contributed by atoms with Gasteiger partial charge in [-0.1, -0.05) is 35.3 Å². The second-order valence-corrected chi connectivity index (χ2v) is 7.46. The number of para-hydroxylation sites is 2. The summed E-state index contributed by atoms with van der Waals surface area (Å²) in [5.74, 6) is 1.23. The van der Waals surface area contributed by atoms with Gasteiger partial charge in [0.25, 0.3) is 5.91 Å². The molecule has 1 aromatic carbocycles. The third-order valence-corrected chi connectivity index (χ3v) is 5.13. The summed E-state index contributed by atoms with van der Waals surface area (Å²) in [7, 11) is 0. The number of amides is 1. The van der Waals surface area contributed by atoms with E-state index in [9.17, 15) is 4.79 Å². The van der Waals surface area contributed by atoms with Crippen LogP contribution >= 0.6 is 23.2 Å².